The van der Waals surface area contributed by atoms with Crippen molar-refractivity contribution in [3.05, 3.63) is 59.1 Å². The van der Waals surface area contributed by atoms with Crippen molar-refractivity contribution in [3.8, 4) is 5.75 Å². The molecule has 0 aliphatic carbocycles. The van der Waals surface area contributed by atoms with Crippen LogP contribution in [0.25, 0.3) is 0 Å². The van der Waals surface area contributed by atoms with Gasteiger partial charge in [-0.15, -0.1) is 11.8 Å². The first kappa shape index (κ1) is 27.1. The molecular formula is C26H35ClN2O3S. The zero-order valence-corrected chi connectivity index (χ0v) is 21.5. The van der Waals surface area contributed by atoms with Crippen LogP contribution in [0.4, 0.5) is 0 Å². The summed E-state index contributed by atoms with van der Waals surface area (Å²) in [5.41, 5.74) is 0.967. The molecule has 0 saturated heterocycles. The van der Waals surface area contributed by atoms with E-state index in [9.17, 15) is 9.59 Å². The van der Waals surface area contributed by atoms with E-state index < -0.39 is 6.04 Å². The Morgan fingerprint density at radius 1 is 1.06 bits per heavy atom. The van der Waals surface area contributed by atoms with Crippen LogP contribution in [0.3, 0.4) is 0 Å². The first-order valence-corrected chi connectivity index (χ1v) is 12.8. The highest BCUT2D eigenvalue weighted by Crippen LogP contribution is 2.22. The Hall–Kier alpha value is -2.18. The van der Waals surface area contributed by atoms with Gasteiger partial charge in [0.2, 0.25) is 11.8 Å². The maximum absolute atomic E-state index is 13.3. The minimum atomic E-state index is -0.502. The van der Waals surface area contributed by atoms with E-state index in [1.165, 1.54) is 0 Å². The van der Waals surface area contributed by atoms with E-state index in [0.29, 0.717) is 24.4 Å². The quantitative estimate of drug-likeness (QED) is 0.278. The van der Waals surface area contributed by atoms with Crippen molar-refractivity contribution in [2.75, 3.05) is 12.9 Å². The molecule has 2 rings (SSSR count). The summed E-state index contributed by atoms with van der Waals surface area (Å²) in [5.74, 6) is 1.48. The number of nitrogens with zero attached hydrogens (tertiary/aromatic N) is 1. The van der Waals surface area contributed by atoms with Crippen molar-refractivity contribution >= 4 is 35.2 Å². The highest BCUT2D eigenvalue weighted by atomic mass is 35.5. The Kier molecular flexibility index (Phi) is 11.6. The van der Waals surface area contributed by atoms with Crippen LogP contribution in [-0.4, -0.2) is 41.7 Å². The fourth-order valence-electron chi connectivity index (χ4n) is 3.38. The van der Waals surface area contributed by atoms with Crippen molar-refractivity contribution in [2.45, 2.75) is 70.0 Å². The standard InChI is InChI=1S/C26H35ClN2O3S/c1-5-19(3)28-26(31)24(6-2)29(18-20-9-13-22(32-4)14-10-20)25(30)8-7-17-33-23-15-11-21(27)12-16-23/h9-16,19,24H,5-8,17-18H2,1-4H3,(H,28,31). The number of halogens is 1. The molecule has 33 heavy (non-hydrogen) atoms. The summed E-state index contributed by atoms with van der Waals surface area (Å²) in [6, 6.07) is 14.9. The third-order valence-electron chi connectivity index (χ3n) is 5.52. The second kappa shape index (κ2) is 14.2. The van der Waals surface area contributed by atoms with E-state index in [1.54, 1.807) is 23.8 Å². The van der Waals surface area contributed by atoms with Crippen LogP contribution in [0.15, 0.2) is 53.4 Å². The van der Waals surface area contributed by atoms with Crippen molar-refractivity contribution in [1.29, 1.82) is 0 Å². The second-order valence-corrected chi connectivity index (χ2v) is 9.62. The lowest BCUT2D eigenvalue weighted by atomic mass is 10.1. The fraction of sp³-hybridized carbons (Fsp3) is 0.462. The van der Waals surface area contributed by atoms with Crippen molar-refractivity contribution < 1.29 is 14.3 Å². The normalized spacial score (nSPS) is 12.6. The van der Waals surface area contributed by atoms with Crippen LogP contribution >= 0.6 is 23.4 Å². The highest BCUT2D eigenvalue weighted by Gasteiger charge is 2.28. The predicted octanol–water partition coefficient (Wildman–Crippen LogP) is 5.94. The number of ether oxygens (including phenoxy) is 1. The van der Waals surface area contributed by atoms with Crippen LogP contribution in [0.2, 0.25) is 5.02 Å². The molecule has 0 fully saturated rings. The number of thioether (sulfide) groups is 1. The van der Waals surface area contributed by atoms with Crippen molar-refractivity contribution in [3.63, 3.8) is 0 Å². The summed E-state index contributed by atoms with van der Waals surface area (Å²) in [6.07, 6.45) is 2.53. The molecule has 0 radical (unpaired) electrons. The molecule has 5 nitrogen and oxygen atoms in total. The third kappa shape index (κ3) is 8.94. The maximum atomic E-state index is 13.3. The number of rotatable bonds is 13. The van der Waals surface area contributed by atoms with Crippen LogP contribution in [0.5, 0.6) is 5.75 Å². The summed E-state index contributed by atoms with van der Waals surface area (Å²) >= 11 is 7.64. The molecule has 0 aliphatic rings. The van der Waals surface area contributed by atoms with Gasteiger partial charge in [-0.25, -0.2) is 0 Å². The average Bonchev–Trinajstić information content (AvgIpc) is 2.82. The minimum Gasteiger partial charge on any atom is -0.497 e. The average molecular weight is 491 g/mol. The van der Waals surface area contributed by atoms with Gasteiger partial charge < -0.3 is 15.0 Å². The third-order valence-corrected chi connectivity index (χ3v) is 6.87. The summed E-state index contributed by atoms with van der Waals surface area (Å²) in [6.45, 7) is 6.35. The first-order valence-electron chi connectivity index (χ1n) is 11.5. The summed E-state index contributed by atoms with van der Waals surface area (Å²) in [7, 11) is 1.62. The number of carbonyl (C=O) groups is 2. The lowest BCUT2D eigenvalue weighted by molar-refractivity contribution is -0.141. The van der Waals surface area contributed by atoms with Crippen LogP contribution in [-0.2, 0) is 16.1 Å². The fourth-order valence-corrected chi connectivity index (χ4v) is 4.35. The molecule has 0 saturated carbocycles. The molecule has 2 aromatic carbocycles. The topological polar surface area (TPSA) is 58.6 Å². The molecular weight excluding hydrogens is 456 g/mol. The molecule has 2 aromatic rings. The van der Waals surface area contributed by atoms with Gasteiger partial charge in [0.1, 0.15) is 11.8 Å². The van der Waals surface area contributed by atoms with Gasteiger partial charge in [0.25, 0.3) is 0 Å². The van der Waals surface area contributed by atoms with Gasteiger partial charge in [-0.1, -0.05) is 37.6 Å². The second-order valence-electron chi connectivity index (χ2n) is 8.02. The van der Waals surface area contributed by atoms with Gasteiger partial charge in [0, 0.05) is 28.9 Å². The van der Waals surface area contributed by atoms with E-state index in [-0.39, 0.29) is 17.9 Å². The lowest BCUT2D eigenvalue weighted by Crippen LogP contribution is -2.50. The van der Waals surface area contributed by atoms with E-state index in [1.807, 2.05) is 69.3 Å². The van der Waals surface area contributed by atoms with Gasteiger partial charge in [0.15, 0.2) is 0 Å². The largest absolute Gasteiger partial charge is 0.497 e. The van der Waals surface area contributed by atoms with Crippen molar-refractivity contribution in [2.24, 2.45) is 0 Å². The van der Waals surface area contributed by atoms with Gasteiger partial charge in [-0.3, -0.25) is 9.59 Å². The number of carbonyl (C=O) groups excluding carboxylic acids is 2. The number of hydrogen-bond acceptors (Lipinski definition) is 4. The molecule has 7 heteroatoms. The predicted molar refractivity (Wildman–Crippen MR) is 137 cm³/mol. The van der Waals surface area contributed by atoms with E-state index >= 15 is 0 Å². The Bertz CT molecular complexity index is 874. The smallest absolute Gasteiger partial charge is 0.243 e. The van der Waals surface area contributed by atoms with Gasteiger partial charge >= 0.3 is 0 Å². The Morgan fingerprint density at radius 3 is 2.30 bits per heavy atom. The van der Waals surface area contributed by atoms with Gasteiger partial charge in [0.05, 0.1) is 7.11 Å². The molecule has 1 N–H and O–H groups in total. The highest BCUT2D eigenvalue weighted by molar-refractivity contribution is 7.99. The molecule has 2 unspecified atom stereocenters. The molecule has 180 valence electrons. The first-order chi connectivity index (χ1) is 15.9. The number of nitrogens with one attached hydrogen (secondary N) is 1. The van der Waals surface area contributed by atoms with Crippen LogP contribution in [0, 0.1) is 0 Å². The molecule has 0 aliphatic heterocycles. The monoisotopic (exact) mass is 490 g/mol. The Balaban J connectivity index is 2.07. The zero-order valence-electron chi connectivity index (χ0n) is 20.0. The van der Waals surface area contributed by atoms with Crippen molar-refractivity contribution in [1.82, 2.24) is 10.2 Å². The molecule has 0 aromatic heterocycles. The number of hydrogen-bond donors (Lipinski definition) is 1. The number of benzene rings is 2. The van der Waals surface area contributed by atoms with E-state index in [0.717, 1.165) is 34.8 Å². The molecule has 2 atom stereocenters. The maximum Gasteiger partial charge on any atom is 0.243 e. The number of methoxy groups -OCH3 is 1. The van der Waals surface area contributed by atoms with Gasteiger partial charge in [-0.05, 0) is 73.9 Å². The van der Waals surface area contributed by atoms with E-state index in [2.05, 4.69) is 5.32 Å². The van der Waals surface area contributed by atoms with Crippen LogP contribution in [0.1, 0.15) is 52.0 Å². The Labute approximate surface area is 207 Å². The van der Waals surface area contributed by atoms with E-state index in [4.69, 9.17) is 16.3 Å². The summed E-state index contributed by atoms with van der Waals surface area (Å²) in [4.78, 5) is 29.1. The molecule has 0 spiro atoms. The summed E-state index contributed by atoms with van der Waals surface area (Å²) < 4.78 is 5.24. The van der Waals surface area contributed by atoms with Crippen LogP contribution < -0.4 is 10.1 Å². The zero-order chi connectivity index (χ0) is 24.2. The molecule has 0 heterocycles. The minimum absolute atomic E-state index is 0.00586. The molecule has 0 bridgehead atoms. The number of amides is 2. The lowest BCUT2D eigenvalue weighted by Gasteiger charge is -2.31. The SMILES string of the molecule is CCC(C)NC(=O)C(CC)N(Cc1ccc(OC)cc1)C(=O)CCCSc1ccc(Cl)cc1. The van der Waals surface area contributed by atoms with Gasteiger partial charge in [-0.2, -0.15) is 0 Å². The Morgan fingerprint density at radius 2 is 1.73 bits per heavy atom. The summed E-state index contributed by atoms with van der Waals surface area (Å²) in [5, 5.41) is 3.76. The molecule has 2 amide bonds.